The number of benzene rings is 1. The Hall–Kier alpha value is -2.38. The Labute approximate surface area is 144 Å². The number of carbonyl (C=O) groups is 2. The molecule has 1 aromatic carbocycles. The van der Waals surface area contributed by atoms with Crippen molar-refractivity contribution in [2.75, 3.05) is 5.32 Å². The molecule has 0 unspecified atom stereocenters. The fourth-order valence-electron chi connectivity index (χ4n) is 1.98. The van der Waals surface area contributed by atoms with Crippen molar-refractivity contribution >= 4 is 23.2 Å². The lowest BCUT2D eigenvalue weighted by Gasteiger charge is -2.08. The predicted molar refractivity (Wildman–Crippen MR) is 90.2 cm³/mol. The van der Waals surface area contributed by atoms with Crippen LogP contribution in [0.25, 0.3) is 0 Å². The van der Waals surface area contributed by atoms with Gasteiger partial charge in [0.1, 0.15) is 0 Å². The molecule has 0 aromatic heterocycles. The lowest BCUT2D eigenvalue weighted by molar-refractivity contribution is -0.167. The van der Waals surface area contributed by atoms with E-state index >= 15 is 0 Å². The number of amides is 2. The Bertz CT molecular complexity index is 611. The highest BCUT2D eigenvalue weighted by atomic mass is 19.4. The highest BCUT2D eigenvalue weighted by molar-refractivity contribution is 6.00. The monoisotopic (exact) mass is 357 g/mol. The Morgan fingerprint density at radius 2 is 1.72 bits per heavy atom. The summed E-state index contributed by atoms with van der Waals surface area (Å²) in [5.74, 6) is -2.20. The number of nitrogens with zero attached hydrogens (tertiary/aromatic N) is 1. The smallest absolute Gasteiger partial charge is 0.318 e. The zero-order valence-corrected chi connectivity index (χ0v) is 14.2. The average Bonchev–Trinajstić information content (AvgIpc) is 2.56. The van der Waals surface area contributed by atoms with Gasteiger partial charge >= 0.3 is 12.1 Å². The number of unbranched alkanes of at least 4 members (excludes halogenated alkanes) is 3. The summed E-state index contributed by atoms with van der Waals surface area (Å²) in [5, 5.41) is 5.73. The van der Waals surface area contributed by atoms with E-state index in [0.29, 0.717) is 17.7 Å². The number of nitrogens with one attached hydrogen (secondary N) is 2. The van der Waals surface area contributed by atoms with E-state index in [-0.39, 0.29) is 11.6 Å². The van der Waals surface area contributed by atoms with E-state index in [4.69, 9.17) is 0 Å². The summed E-state index contributed by atoms with van der Waals surface area (Å²) in [7, 11) is 0. The maximum absolute atomic E-state index is 12.2. The van der Waals surface area contributed by atoms with Crippen LogP contribution in [-0.2, 0) is 9.59 Å². The van der Waals surface area contributed by atoms with Crippen LogP contribution in [0.3, 0.4) is 0 Å². The van der Waals surface area contributed by atoms with Crippen LogP contribution in [0.5, 0.6) is 0 Å². The molecule has 0 saturated carbocycles. The predicted octanol–water partition coefficient (Wildman–Crippen LogP) is 4.00. The van der Waals surface area contributed by atoms with Gasteiger partial charge in [-0.1, -0.05) is 38.3 Å². The molecule has 0 bridgehead atoms. The van der Waals surface area contributed by atoms with Gasteiger partial charge in [-0.3, -0.25) is 9.59 Å². The first-order valence-corrected chi connectivity index (χ1v) is 8.05. The van der Waals surface area contributed by atoms with Gasteiger partial charge in [0.05, 0.1) is 5.71 Å². The maximum Gasteiger partial charge on any atom is 0.471 e. The molecule has 138 valence electrons. The van der Waals surface area contributed by atoms with E-state index in [2.05, 4.69) is 17.5 Å². The summed E-state index contributed by atoms with van der Waals surface area (Å²) in [6.45, 7) is 3.76. The second kappa shape index (κ2) is 9.80. The van der Waals surface area contributed by atoms with Crippen LogP contribution in [-0.4, -0.2) is 23.7 Å². The van der Waals surface area contributed by atoms with E-state index < -0.39 is 12.1 Å². The summed E-state index contributed by atoms with van der Waals surface area (Å²) in [5.41, 5.74) is 3.61. The van der Waals surface area contributed by atoms with Crippen LogP contribution in [0.15, 0.2) is 29.4 Å². The second-order valence-corrected chi connectivity index (χ2v) is 5.57. The third kappa shape index (κ3) is 7.82. The standard InChI is InChI=1S/C17H22F3N3O2/c1-3-4-5-6-7-15(24)23-22-12(2)13-8-10-14(11-9-13)21-16(25)17(18,19)20/h8-11H,3-7H2,1-2H3,(H,21,25)(H,23,24)/b22-12-. The van der Waals surface area contributed by atoms with Crippen molar-refractivity contribution in [3.8, 4) is 0 Å². The largest absolute Gasteiger partial charge is 0.471 e. The van der Waals surface area contributed by atoms with Crippen LogP contribution in [0.2, 0.25) is 0 Å². The molecular weight excluding hydrogens is 335 g/mol. The number of rotatable bonds is 8. The van der Waals surface area contributed by atoms with Gasteiger partial charge in [0.2, 0.25) is 5.91 Å². The minimum absolute atomic E-state index is 0.0267. The fourth-order valence-corrected chi connectivity index (χ4v) is 1.98. The summed E-state index contributed by atoms with van der Waals surface area (Å²) < 4.78 is 36.5. The number of carbonyl (C=O) groups excluding carboxylic acids is 2. The molecule has 1 aromatic rings. The Kier molecular flexibility index (Phi) is 8.10. The van der Waals surface area contributed by atoms with Crippen molar-refractivity contribution in [2.24, 2.45) is 5.10 Å². The third-order valence-corrected chi connectivity index (χ3v) is 3.42. The molecule has 2 amide bonds. The van der Waals surface area contributed by atoms with E-state index in [1.54, 1.807) is 12.2 Å². The molecule has 25 heavy (non-hydrogen) atoms. The number of hydrogen-bond donors (Lipinski definition) is 2. The summed E-state index contributed by atoms with van der Waals surface area (Å²) >= 11 is 0. The van der Waals surface area contributed by atoms with Crippen molar-refractivity contribution in [2.45, 2.75) is 52.1 Å². The molecule has 0 aliphatic heterocycles. The molecule has 1 rings (SSSR count). The first-order valence-electron chi connectivity index (χ1n) is 8.05. The molecule has 0 aliphatic rings. The van der Waals surface area contributed by atoms with Gasteiger partial charge in [0, 0.05) is 12.1 Å². The molecule has 0 radical (unpaired) electrons. The summed E-state index contributed by atoms with van der Waals surface area (Å²) in [6, 6.07) is 5.70. The highest BCUT2D eigenvalue weighted by Crippen LogP contribution is 2.18. The fraction of sp³-hybridized carbons (Fsp3) is 0.471. The highest BCUT2D eigenvalue weighted by Gasteiger charge is 2.38. The Morgan fingerprint density at radius 3 is 2.28 bits per heavy atom. The van der Waals surface area contributed by atoms with Crippen LogP contribution < -0.4 is 10.7 Å². The third-order valence-electron chi connectivity index (χ3n) is 3.42. The number of hydrazone groups is 1. The molecular formula is C17H22F3N3O2. The topological polar surface area (TPSA) is 70.6 Å². The van der Waals surface area contributed by atoms with Crippen molar-refractivity contribution in [1.29, 1.82) is 0 Å². The molecule has 0 atom stereocenters. The van der Waals surface area contributed by atoms with Gasteiger partial charge < -0.3 is 5.32 Å². The molecule has 8 heteroatoms. The molecule has 5 nitrogen and oxygen atoms in total. The van der Waals surface area contributed by atoms with E-state index in [0.717, 1.165) is 25.7 Å². The zero-order chi connectivity index (χ0) is 18.9. The summed E-state index contributed by atoms with van der Waals surface area (Å²) in [4.78, 5) is 22.5. The molecule has 0 fully saturated rings. The molecule has 0 saturated heterocycles. The first-order chi connectivity index (χ1) is 11.7. The van der Waals surface area contributed by atoms with Gasteiger partial charge in [0.15, 0.2) is 0 Å². The van der Waals surface area contributed by atoms with Gasteiger partial charge in [-0.15, -0.1) is 0 Å². The number of alkyl halides is 3. The van der Waals surface area contributed by atoms with E-state index in [1.807, 2.05) is 0 Å². The van der Waals surface area contributed by atoms with E-state index in [9.17, 15) is 22.8 Å². The van der Waals surface area contributed by atoms with E-state index in [1.165, 1.54) is 24.3 Å². The maximum atomic E-state index is 12.2. The van der Waals surface area contributed by atoms with Crippen LogP contribution in [0, 0.1) is 0 Å². The van der Waals surface area contributed by atoms with Crippen molar-refractivity contribution in [3.05, 3.63) is 29.8 Å². The number of hydrogen-bond acceptors (Lipinski definition) is 3. The zero-order valence-electron chi connectivity index (χ0n) is 14.2. The quantitative estimate of drug-likeness (QED) is 0.419. The summed E-state index contributed by atoms with van der Waals surface area (Å²) in [6.07, 6.45) is -0.540. The first kappa shape index (κ1) is 20.7. The normalized spacial score (nSPS) is 12.0. The SMILES string of the molecule is CCCCCCC(=O)N/N=C(/C)c1ccc(NC(=O)C(F)(F)F)cc1. The minimum Gasteiger partial charge on any atom is -0.318 e. The molecule has 0 spiro atoms. The van der Waals surface area contributed by atoms with Crippen molar-refractivity contribution in [1.82, 2.24) is 5.43 Å². The Morgan fingerprint density at radius 1 is 1.08 bits per heavy atom. The van der Waals surface area contributed by atoms with Gasteiger partial charge in [-0.2, -0.15) is 18.3 Å². The van der Waals surface area contributed by atoms with Crippen LogP contribution >= 0.6 is 0 Å². The number of halogens is 3. The Balaban J connectivity index is 2.54. The van der Waals surface area contributed by atoms with Gasteiger partial charge in [0.25, 0.3) is 0 Å². The van der Waals surface area contributed by atoms with Crippen molar-refractivity contribution in [3.63, 3.8) is 0 Å². The lowest BCUT2D eigenvalue weighted by atomic mass is 10.1. The van der Waals surface area contributed by atoms with Crippen LogP contribution in [0.4, 0.5) is 18.9 Å². The minimum atomic E-state index is -4.93. The van der Waals surface area contributed by atoms with Gasteiger partial charge in [-0.25, -0.2) is 5.43 Å². The van der Waals surface area contributed by atoms with Crippen LogP contribution in [0.1, 0.15) is 51.5 Å². The lowest BCUT2D eigenvalue weighted by Crippen LogP contribution is -2.29. The molecule has 2 N–H and O–H groups in total. The average molecular weight is 357 g/mol. The van der Waals surface area contributed by atoms with Gasteiger partial charge in [-0.05, 0) is 31.0 Å². The number of anilines is 1. The molecule has 0 aliphatic carbocycles. The molecule has 0 heterocycles. The second-order valence-electron chi connectivity index (χ2n) is 5.57. The van der Waals surface area contributed by atoms with Crippen molar-refractivity contribution < 1.29 is 22.8 Å².